The summed E-state index contributed by atoms with van der Waals surface area (Å²) in [5.41, 5.74) is 1.41. The Bertz CT molecular complexity index is 804. The summed E-state index contributed by atoms with van der Waals surface area (Å²) in [6.45, 7) is 3.79. The van der Waals surface area contributed by atoms with Crippen molar-refractivity contribution < 1.29 is 19.1 Å². The van der Waals surface area contributed by atoms with Gasteiger partial charge in [-0.15, -0.1) is 0 Å². The van der Waals surface area contributed by atoms with Gasteiger partial charge in [-0.3, -0.25) is 4.79 Å². The standard InChI is InChI=1S/C18H19N3O4/c1-4-14-17(22)21(18(23)20-14)12-6-8-16(19-10-12)25-13-7-5-11(2)15(9-13)24-3/h5-10,14H,4H2,1-3H3,(H,20,23)/t14-/m0/s1. The summed E-state index contributed by atoms with van der Waals surface area (Å²) < 4.78 is 11.0. The molecular formula is C18H19N3O4. The van der Waals surface area contributed by atoms with E-state index in [-0.39, 0.29) is 5.91 Å². The van der Waals surface area contributed by atoms with Gasteiger partial charge in [0.15, 0.2) is 0 Å². The van der Waals surface area contributed by atoms with Crippen LogP contribution in [0.2, 0.25) is 0 Å². The van der Waals surface area contributed by atoms with Crippen LogP contribution in [0.1, 0.15) is 18.9 Å². The number of nitrogens with zero attached hydrogens (tertiary/aromatic N) is 2. The second kappa shape index (κ2) is 6.80. The van der Waals surface area contributed by atoms with Crippen molar-refractivity contribution in [2.24, 2.45) is 0 Å². The van der Waals surface area contributed by atoms with E-state index in [0.717, 1.165) is 16.2 Å². The summed E-state index contributed by atoms with van der Waals surface area (Å²) in [6, 6.07) is 7.80. The first-order valence-corrected chi connectivity index (χ1v) is 7.96. The Morgan fingerprint density at radius 1 is 1.24 bits per heavy atom. The molecule has 0 spiro atoms. The third-order valence-electron chi connectivity index (χ3n) is 4.01. The van der Waals surface area contributed by atoms with E-state index in [0.29, 0.717) is 23.7 Å². The van der Waals surface area contributed by atoms with Crippen LogP contribution in [0.3, 0.4) is 0 Å². The average molecular weight is 341 g/mol. The van der Waals surface area contributed by atoms with Crippen molar-refractivity contribution in [3.05, 3.63) is 42.1 Å². The van der Waals surface area contributed by atoms with Crippen LogP contribution in [0.15, 0.2) is 36.5 Å². The minimum atomic E-state index is -0.483. The predicted octanol–water partition coefficient (Wildman–Crippen LogP) is 3.03. The van der Waals surface area contributed by atoms with Crippen molar-refractivity contribution in [2.45, 2.75) is 26.3 Å². The van der Waals surface area contributed by atoms with Gasteiger partial charge in [0.05, 0.1) is 19.0 Å². The van der Waals surface area contributed by atoms with Crippen LogP contribution >= 0.6 is 0 Å². The van der Waals surface area contributed by atoms with E-state index in [9.17, 15) is 9.59 Å². The molecule has 1 aliphatic rings. The molecular weight excluding hydrogens is 322 g/mol. The Morgan fingerprint density at radius 3 is 2.64 bits per heavy atom. The highest BCUT2D eigenvalue weighted by Gasteiger charge is 2.37. The van der Waals surface area contributed by atoms with Gasteiger partial charge in [0, 0.05) is 12.1 Å². The highest BCUT2D eigenvalue weighted by atomic mass is 16.5. The zero-order chi connectivity index (χ0) is 18.0. The van der Waals surface area contributed by atoms with Crippen LogP contribution in [0.5, 0.6) is 17.4 Å². The molecule has 1 aromatic heterocycles. The van der Waals surface area contributed by atoms with Gasteiger partial charge in [0.25, 0.3) is 5.91 Å². The minimum absolute atomic E-state index is 0.272. The van der Waals surface area contributed by atoms with Gasteiger partial charge in [0.1, 0.15) is 17.5 Å². The van der Waals surface area contributed by atoms with Crippen LogP contribution in [0.25, 0.3) is 0 Å². The number of hydrogen-bond acceptors (Lipinski definition) is 5. The molecule has 7 nitrogen and oxygen atoms in total. The van der Waals surface area contributed by atoms with Gasteiger partial charge >= 0.3 is 6.03 Å². The fourth-order valence-corrected chi connectivity index (χ4v) is 2.60. The highest BCUT2D eigenvalue weighted by molar-refractivity contribution is 6.21. The molecule has 0 bridgehead atoms. The first-order valence-electron chi connectivity index (χ1n) is 7.96. The van der Waals surface area contributed by atoms with E-state index in [1.807, 2.05) is 26.0 Å². The van der Waals surface area contributed by atoms with Crippen LogP contribution in [-0.2, 0) is 4.79 Å². The van der Waals surface area contributed by atoms with Gasteiger partial charge in [0.2, 0.25) is 5.88 Å². The number of aryl methyl sites for hydroxylation is 1. The number of carbonyl (C=O) groups excluding carboxylic acids is 2. The number of urea groups is 1. The number of methoxy groups -OCH3 is 1. The SMILES string of the molecule is CC[C@@H]1NC(=O)N(c2ccc(Oc3ccc(C)c(OC)c3)nc2)C1=O. The molecule has 1 N–H and O–H groups in total. The Labute approximate surface area is 145 Å². The van der Waals surface area contributed by atoms with Crippen molar-refractivity contribution in [3.8, 4) is 17.4 Å². The zero-order valence-corrected chi connectivity index (χ0v) is 14.3. The Kier molecular flexibility index (Phi) is 4.56. The molecule has 25 heavy (non-hydrogen) atoms. The third-order valence-corrected chi connectivity index (χ3v) is 4.01. The monoisotopic (exact) mass is 341 g/mol. The molecule has 0 saturated carbocycles. The number of amides is 3. The van der Waals surface area contributed by atoms with E-state index in [1.165, 1.54) is 6.20 Å². The van der Waals surface area contributed by atoms with Gasteiger partial charge in [-0.2, -0.15) is 0 Å². The Balaban J connectivity index is 1.77. The van der Waals surface area contributed by atoms with Gasteiger partial charge < -0.3 is 14.8 Å². The fourth-order valence-electron chi connectivity index (χ4n) is 2.60. The van der Waals surface area contributed by atoms with Crippen LogP contribution < -0.4 is 19.7 Å². The van der Waals surface area contributed by atoms with Crippen molar-refractivity contribution in [2.75, 3.05) is 12.0 Å². The molecule has 1 aliphatic heterocycles. The van der Waals surface area contributed by atoms with Gasteiger partial charge in [-0.25, -0.2) is 14.7 Å². The van der Waals surface area contributed by atoms with Crippen LogP contribution in [-0.4, -0.2) is 30.1 Å². The number of ether oxygens (including phenoxy) is 2. The number of anilines is 1. The topological polar surface area (TPSA) is 80.8 Å². The molecule has 0 radical (unpaired) electrons. The number of carbonyl (C=O) groups is 2. The number of nitrogens with one attached hydrogen (secondary N) is 1. The molecule has 2 heterocycles. The lowest BCUT2D eigenvalue weighted by molar-refractivity contribution is -0.118. The normalized spacial score (nSPS) is 16.8. The summed E-state index contributed by atoms with van der Waals surface area (Å²) >= 11 is 0. The molecule has 7 heteroatoms. The number of hydrogen-bond donors (Lipinski definition) is 1. The van der Waals surface area contributed by atoms with Crippen molar-refractivity contribution in [3.63, 3.8) is 0 Å². The molecule has 3 rings (SSSR count). The maximum Gasteiger partial charge on any atom is 0.329 e. The van der Waals surface area contributed by atoms with Gasteiger partial charge in [-0.05, 0) is 31.0 Å². The molecule has 130 valence electrons. The molecule has 0 aliphatic carbocycles. The summed E-state index contributed by atoms with van der Waals surface area (Å²) in [7, 11) is 1.60. The number of aromatic nitrogens is 1. The van der Waals surface area contributed by atoms with Crippen LogP contribution in [0, 0.1) is 6.92 Å². The number of pyridine rings is 1. The van der Waals surface area contributed by atoms with Crippen molar-refractivity contribution >= 4 is 17.6 Å². The lowest BCUT2D eigenvalue weighted by Gasteiger charge is -2.13. The quantitative estimate of drug-likeness (QED) is 0.846. The largest absolute Gasteiger partial charge is 0.496 e. The number of rotatable bonds is 5. The smallest absolute Gasteiger partial charge is 0.329 e. The highest BCUT2D eigenvalue weighted by Crippen LogP contribution is 2.28. The van der Waals surface area contributed by atoms with E-state index >= 15 is 0 Å². The van der Waals surface area contributed by atoms with Crippen LogP contribution in [0.4, 0.5) is 10.5 Å². The third kappa shape index (κ3) is 3.26. The summed E-state index contributed by atoms with van der Waals surface area (Å²) in [4.78, 5) is 29.4. The summed E-state index contributed by atoms with van der Waals surface area (Å²) in [5.74, 6) is 1.39. The minimum Gasteiger partial charge on any atom is -0.496 e. The van der Waals surface area contributed by atoms with Crippen molar-refractivity contribution in [1.29, 1.82) is 0 Å². The summed E-state index contributed by atoms with van der Waals surface area (Å²) in [5, 5.41) is 2.64. The maximum atomic E-state index is 12.2. The van der Waals surface area contributed by atoms with E-state index in [1.54, 1.807) is 25.3 Å². The lowest BCUT2D eigenvalue weighted by atomic mass is 10.2. The first-order chi connectivity index (χ1) is 12.0. The Morgan fingerprint density at radius 2 is 2.04 bits per heavy atom. The Hall–Kier alpha value is -3.09. The zero-order valence-electron chi connectivity index (χ0n) is 14.3. The molecule has 2 aromatic rings. The molecule has 3 amide bonds. The van der Waals surface area contributed by atoms with Gasteiger partial charge in [-0.1, -0.05) is 13.0 Å². The summed E-state index contributed by atoms with van der Waals surface area (Å²) in [6.07, 6.45) is 1.99. The lowest BCUT2D eigenvalue weighted by Crippen LogP contribution is -2.31. The first kappa shape index (κ1) is 16.8. The molecule has 0 unspecified atom stereocenters. The molecule has 1 atom stereocenters. The number of imide groups is 1. The molecule has 1 aromatic carbocycles. The van der Waals surface area contributed by atoms with E-state index < -0.39 is 12.1 Å². The second-order valence-corrected chi connectivity index (χ2v) is 5.67. The average Bonchev–Trinajstić information content (AvgIpc) is 2.91. The molecule has 1 saturated heterocycles. The predicted molar refractivity (Wildman–Crippen MR) is 92.1 cm³/mol. The molecule has 1 fully saturated rings. The number of benzene rings is 1. The van der Waals surface area contributed by atoms with Crippen molar-refractivity contribution in [1.82, 2.24) is 10.3 Å². The maximum absolute atomic E-state index is 12.2. The second-order valence-electron chi connectivity index (χ2n) is 5.67. The van der Waals surface area contributed by atoms with E-state index in [4.69, 9.17) is 9.47 Å². The van der Waals surface area contributed by atoms with E-state index in [2.05, 4.69) is 10.3 Å². The fraction of sp³-hybridized carbons (Fsp3) is 0.278.